The Bertz CT molecular complexity index is 426. The molecule has 1 rings (SSSR count). The van der Waals surface area contributed by atoms with Crippen LogP contribution >= 0.6 is 0 Å². The summed E-state index contributed by atoms with van der Waals surface area (Å²) in [6, 6.07) is 3.47. The summed E-state index contributed by atoms with van der Waals surface area (Å²) in [5, 5.41) is 0. The molecule has 17 heavy (non-hydrogen) atoms. The van der Waals surface area contributed by atoms with Crippen molar-refractivity contribution in [2.24, 2.45) is 0 Å². The Hall–Kier alpha value is -1.85. The summed E-state index contributed by atoms with van der Waals surface area (Å²) in [7, 11) is 0. The van der Waals surface area contributed by atoms with Crippen LogP contribution in [-0.2, 0) is 9.53 Å². The molecule has 0 heterocycles. The maximum atomic E-state index is 13.3. The van der Waals surface area contributed by atoms with E-state index in [9.17, 15) is 22.8 Å². The molecule has 0 fully saturated rings. The molecule has 6 heteroatoms. The molecular formula is C11H9F3O3. The Morgan fingerprint density at radius 3 is 2.24 bits per heavy atom. The Morgan fingerprint density at radius 1 is 1.24 bits per heavy atom. The zero-order valence-electron chi connectivity index (χ0n) is 8.88. The molecular weight excluding hydrogens is 237 g/mol. The number of ether oxygens (including phenoxy) is 1. The molecule has 1 aromatic rings. The first-order chi connectivity index (χ1) is 7.89. The first-order valence-corrected chi connectivity index (χ1v) is 4.75. The van der Waals surface area contributed by atoms with Crippen molar-refractivity contribution < 1.29 is 27.5 Å². The molecule has 0 atom stereocenters. The van der Waals surface area contributed by atoms with Crippen molar-refractivity contribution in [3.63, 3.8) is 0 Å². The first-order valence-electron chi connectivity index (χ1n) is 4.75. The van der Waals surface area contributed by atoms with E-state index in [2.05, 4.69) is 4.74 Å². The standard InChI is InChI=1S/C11H9F3O3/c1-2-17-10(16)11(13,14)9(15)7-3-5-8(12)6-4-7/h3-6H,2H2,1H3. The fourth-order valence-corrected chi connectivity index (χ4v) is 1.10. The molecule has 0 aliphatic rings. The van der Waals surface area contributed by atoms with Gasteiger partial charge in [0, 0.05) is 5.56 Å². The van der Waals surface area contributed by atoms with Gasteiger partial charge in [-0.1, -0.05) is 0 Å². The van der Waals surface area contributed by atoms with E-state index < -0.39 is 29.1 Å². The van der Waals surface area contributed by atoms with Gasteiger partial charge in [-0.05, 0) is 31.2 Å². The summed E-state index contributed by atoms with van der Waals surface area (Å²) >= 11 is 0. The fraction of sp³-hybridized carbons (Fsp3) is 0.273. The highest BCUT2D eigenvalue weighted by Crippen LogP contribution is 2.22. The normalized spacial score (nSPS) is 11.1. The number of benzene rings is 1. The third-order valence-electron chi connectivity index (χ3n) is 1.92. The molecule has 0 radical (unpaired) electrons. The van der Waals surface area contributed by atoms with Crippen LogP contribution in [0, 0.1) is 5.82 Å². The van der Waals surface area contributed by atoms with Gasteiger partial charge >= 0.3 is 11.9 Å². The minimum absolute atomic E-state index is 0.259. The van der Waals surface area contributed by atoms with Crippen LogP contribution in [0.1, 0.15) is 17.3 Å². The van der Waals surface area contributed by atoms with Crippen LogP contribution in [0.15, 0.2) is 24.3 Å². The summed E-state index contributed by atoms with van der Waals surface area (Å²) in [6.07, 6.45) is 0. The van der Waals surface area contributed by atoms with E-state index in [0.717, 1.165) is 24.3 Å². The monoisotopic (exact) mass is 246 g/mol. The summed E-state index contributed by atoms with van der Waals surface area (Å²) in [5.41, 5.74) is -0.454. The molecule has 0 bridgehead atoms. The van der Waals surface area contributed by atoms with Crippen molar-refractivity contribution in [2.75, 3.05) is 6.61 Å². The average Bonchev–Trinajstić information content (AvgIpc) is 2.29. The first kappa shape index (κ1) is 13.2. The van der Waals surface area contributed by atoms with Gasteiger partial charge in [0.15, 0.2) is 0 Å². The molecule has 0 saturated heterocycles. The van der Waals surface area contributed by atoms with Gasteiger partial charge in [0.1, 0.15) is 5.82 Å². The van der Waals surface area contributed by atoms with Gasteiger partial charge in [0.2, 0.25) is 5.78 Å². The highest BCUT2D eigenvalue weighted by atomic mass is 19.3. The van der Waals surface area contributed by atoms with Crippen molar-refractivity contribution in [3.8, 4) is 0 Å². The van der Waals surface area contributed by atoms with Crippen molar-refractivity contribution >= 4 is 11.8 Å². The van der Waals surface area contributed by atoms with Crippen molar-refractivity contribution in [1.82, 2.24) is 0 Å². The molecule has 0 spiro atoms. The summed E-state index contributed by atoms with van der Waals surface area (Å²) in [5.74, 6) is -8.54. The summed E-state index contributed by atoms with van der Waals surface area (Å²) in [6.45, 7) is 1.08. The lowest BCUT2D eigenvalue weighted by atomic mass is 10.1. The minimum Gasteiger partial charge on any atom is -0.461 e. The molecule has 0 aliphatic carbocycles. The highest BCUT2D eigenvalue weighted by molar-refractivity contribution is 6.13. The number of rotatable bonds is 4. The molecule has 0 amide bonds. The quantitative estimate of drug-likeness (QED) is 0.464. The number of ketones is 1. The maximum Gasteiger partial charge on any atom is 0.404 e. The predicted octanol–water partition coefficient (Wildman–Crippen LogP) is 2.21. The van der Waals surface area contributed by atoms with Gasteiger partial charge in [-0.3, -0.25) is 4.79 Å². The van der Waals surface area contributed by atoms with Gasteiger partial charge in [-0.15, -0.1) is 0 Å². The molecule has 0 N–H and O–H groups in total. The van der Waals surface area contributed by atoms with E-state index in [1.807, 2.05) is 0 Å². The second-order valence-electron chi connectivity index (χ2n) is 3.13. The number of carbonyl (C=O) groups excluding carboxylic acids is 2. The van der Waals surface area contributed by atoms with Crippen molar-refractivity contribution in [1.29, 1.82) is 0 Å². The summed E-state index contributed by atoms with van der Waals surface area (Å²) in [4.78, 5) is 22.2. The van der Waals surface area contributed by atoms with Crippen molar-refractivity contribution in [2.45, 2.75) is 12.8 Å². The predicted molar refractivity (Wildman–Crippen MR) is 52.3 cm³/mol. The second kappa shape index (κ2) is 4.99. The van der Waals surface area contributed by atoms with Crippen LogP contribution in [0.4, 0.5) is 13.2 Å². The number of esters is 1. The molecule has 3 nitrogen and oxygen atoms in total. The van der Waals surface area contributed by atoms with Crippen LogP contribution in [0.5, 0.6) is 0 Å². The minimum atomic E-state index is -4.26. The number of carbonyl (C=O) groups is 2. The van der Waals surface area contributed by atoms with Crippen LogP contribution in [0.25, 0.3) is 0 Å². The van der Waals surface area contributed by atoms with Crippen molar-refractivity contribution in [3.05, 3.63) is 35.6 Å². The Labute approximate surface area is 95.2 Å². The average molecular weight is 246 g/mol. The van der Waals surface area contributed by atoms with Crippen LogP contribution in [0.3, 0.4) is 0 Å². The number of halogens is 3. The Balaban J connectivity index is 2.95. The molecule has 0 aromatic heterocycles. The zero-order valence-corrected chi connectivity index (χ0v) is 8.88. The second-order valence-corrected chi connectivity index (χ2v) is 3.13. The number of hydrogen-bond donors (Lipinski definition) is 0. The lowest BCUT2D eigenvalue weighted by Gasteiger charge is -2.13. The van der Waals surface area contributed by atoms with Gasteiger partial charge in [0.25, 0.3) is 0 Å². The highest BCUT2D eigenvalue weighted by Gasteiger charge is 2.49. The molecule has 0 aliphatic heterocycles. The molecule has 0 unspecified atom stereocenters. The van der Waals surface area contributed by atoms with E-state index in [1.54, 1.807) is 0 Å². The molecule has 92 valence electrons. The summed E-state index contributed by atoms with van der Waals surface area (Å²) < 4.78 is 43.2. The Kier molecular flexibility index (Phi) is 3.88. The molecule has 0 saturated carbocycles. The largest absolute Gasteiger partial charge is 0.461 e. The maximum absolute atomic E-state index is 13.3. The van der Waals surface area contributed by atoms with Crippen LogP contribution < -0.4 is 0 Å². The molecule has 1 aromatic carbocycles. The van der Waals surface area contributed by atoms with Crippen LogP contribution in [0.2, 0.25) is 0 Å². The van der Waals surface area contributed by atoms with E-state index in [4.69, 9.17) is 0 Å². The third kappa shape index (κ3) is 2.83. The number of alkyl halides is 2. The number of hydrogen-bond acceptors (Lipinski definition) is 3. The van der Waals surface area contributed by atoms with E-state index >= 15 is 0 Å². The van der Waals surface area contributed by atoms with E-state index in [-0.39, 0.29) is 6.61 Å². The third-order valence-corrected chi connectivity index (χ3v) is 1.92. The number of Topliss-reactive ketones (excluding diaryl/α,β-unsaturated/α-hetero) is 1. The van der Waals surface area contributed by atoms with Gasteiger partial charge < -0.3 is 4.74 Å². The van der Waals surface area contributed by atoms with E-state index in [0.29, 0.717) is 0 Å². The smallest absolute Gasteiger partial charge is 0.404 e. The fourth-order valence-electron chi connectivity index (χ4n) is 1.10. The SMILES string of the molecule is CCOC(=O)C(F)(F)C(=O)c1ccc(F)cc1. The zero-order chi connectivity index (χ0) is 13.1. The van der Waals surface area contributed by atoms with Gasteiger partial charge in [0.05, 0.1) is 6.61 Å². The topological polar surface area (TPSA) is 43.4 Å². The Morgan fingerprint density at radius 2 is 1.76 bits per heavy atom. The van der Waals surface area contributed by atoms with Gasteiger partial charge in [-0.25, -0.2) is 9.18 Å². The lowest BCUT2D eigenvalue weighted by Crippen LogP contribution is -2.39. The lowest BCUT2D eigenvalue weighted by molar-refractivity contribution is -0.164. The van der Waals surface area contributed by atoms with Gasteiger partial charge in [-0.2, -0.15) is 8.78 Å². The van der Waals surface area contributed by atoms with Crippen LogP contribution in [-0.4, -0.2) is 24.3 Å². The van der Waals surface area contributed by atoms with E-state index in [1.165, 1.54) is 6.92 Å².